The van der Waals surface area contributed by atoms with Crippen molar-refractivity contribution in [3.63, 3.8) is 0 Å². The number of ether oxygens (including phenoxy) is 1. The third-order valence-electron chi connectivity index (χ3n) is 1.19. The molecule has 0 fully saturated rings. The smallest absolute Gasteiger partial charge is 0.311 e. The van der Waals surface area contributed by atoms with Crippen LogP contribution in [-0.4, -0.2) is 18.1 Å². The van der Waals surface area contributed by atoms with Crippen LogP contribution in [0.3, 0.4) is 0 Å². The lowest BCUT2D eigenvalue weighted by Crippen LogP contribution is -2.39. The largest absolute Gasteiger partial charge is 0.463 e. The summed E-state index contributed by atoms with van der Waals surface area (Å²) in [5.41, 5.74) is 4.77. The van der Waals surface area contributed by atoms with Crippen LogP contribution in [0.2, 0.25) is 0 Å². The highest BCUT2D eigenvalue weighted by atomic mass is 35.5. The highest BCUT2D eigenvalue weighted by Crippen LogP contribution is 2.15. The molecule has 0 aliphatic carbocycles. The van der Waals surface area contributed by atoms with Gasteiger partial charge in [0.1, 0.15) is 6.61 Å². The van der Waals surface area contributed by atoms with E-state index < -0.39 is 11.0 Å². The number of carbonyl (C=O) groups is 1. The number of hydrogen-bond acceptors (Lipinski definition) is 3. The summed E-state index contributed by atoms with van der Waals surface area (Å²) in [7, 11) is 0. The second-order valence-electron chi connectivity index (χ2n) is 4.81. The Morgan fingerprint density at radius 2 is 1.62 bits per heavy atom. The lowest BCUT2D eigenvalue weighted by Gasteiger charge is -2.22. The van der Waals surface area contributed by atoms with Gasteiger partial charge in [0.15, 0.2) is 0 Å². The van der Waals surface area contributed by atoms with Gasteiger partial charge in [-0.05, 0) is 34.6 Å². The van der Waals surface area contributed by atoms with E-state index in [9.17, 15) is 4.79 Å². The number of esters is 1. The molecule has 0 saturated heterocycles. The van der Waals surface area contributed by atoms with Crippen molar-refractivity contribution >= 4 is 18.4 Å². The molecule has 0 unspecified atom stereocenters. The Morgan fingerprint density at radius 3 is 1.85 bits per heavy atom. The molecule has 13 heavy (non-hydrogen) atoms. The molecule has 0 radical (unpaired) electrons. The molecular formula is C9H20ClNO2. The van der Waals surface area contributed by atoms with E-state index in [1.165, 1.54) is 0 Å². The molecule has 0 rings (SSSR count). The Morgan fingerprint density at radius 1 is 1.23 bits per heavy atom. The minimum Gasteiger partial charge on any atom is -0.463 e. The van der Waals surface area contributed by atoms with Crippen LogP contribution in [0.15, 0.2) is 0 Å². The van der Waals surface area contributed by atoms with E-state index in [1.54, 1.807) is 0 Å². The fourth-order valence-electron chi connectivity index (χ4n) is 0.468. The maximum atomic E-state index is 11.2. The van der Waals surface area contributed by atoms with Crippen LogP contribution < -0.4 is 5.73 Å². The zero-order valence-electron chi connectivity index (χ0n) is 9.01. The average molecular weight is 210 g/mol. The summed E-state index contributed by atoms with van der Waals surface area (Å²) in [5, 5.41) is 0. The zero-order chi connectivity index (χ0) is 9.99. The van der Waals surface area contributed by atoms with Gasteiger partial charge >= 0.3 is 5.97 Å². The zero-order valence-corrected chi connectivity index (χ0v) is 9.83. The molecule has 0 amide bonds. The molecule has 0 bridgehead atoms. The van der Waals surface area contributed by atoms with E-state index in [-0.39, 0.29) is 25.0 Å². The van der Waals surface area contributed by atoms with Gasteiger partial charge in [-0.3, -0.25) is 4.79 Å². The Labute approximate surface area is 86.4 Å². The van der Waals surface area contributed by atoms with Crippen molar-refractivity contribution in [2.75, 3.05) is 6.61 Å². The summed E-state index contributed by atoms with van der Waals surface area (Å²) in [6.07, 6.45) is 0. The van der Waals surface area contributed by atoms with E-state index in [0.717, 1.165) is 0 Å². The second-order valence-corrected chi connectivity index (χ2v) is 4.81. The Balaban J connectivity index is 0. The fraction of sp³-hybridized carbons (Fsp3) is 0.889. The van der Waals surface area contributed by atoms with Crippen molar-refractivity contribution in [1.29, 1.82) is 0 Å². The summed E-state index contributed by atoms with van der Waals surface area (Å²) in [6, 6.07) is 0. The lowest BCUT2D eigenvalue weighted by atomic mass is 9.97. The van der Waals surface area contributed by atoms with Crippen LogP contribution in [0.5, 0.6) is 0 Å². The number of halogens is 1. The van der Waals surface area contributed by atoms with Crippen LogP contribution in [-0.2, 0) is 9.53 Å². The molecule has 0 aromatic heterocycles. The van der Waals surface area contributed by atoms with Crippen molar-refractivity contribution in [1.82, 2.24) is 0 Å². The fourth-order valence-corrected chi connectivity index (χ4v) is 0.468. The van der Waals surface area contributed by atoms with E-state index in [2.05, 4.69) is 0 Å². The average Bonchev–Trinajstić information content (AvgIpc) is 1.78. The number of carbonyl (C=O) groups excluding carboxylic acids is 1. The number of hydrogen-bond donors (Lipinski definition) is 1. The second kappa shape index (κ2) is 4.82. The highest BCUT2D eigenvalue weighted by molar-refractivity contribution is 5.85. The molecule has 0 aromatic carbocycles. The summed E-state index contributed by atoms with van der Waals surface area (Å²) in [6.45, 7) is 9.37. The molecule has 2 N–H and O–H groups in total. The number of nitrogens with two attached hydrogens (primary N) is 1. The first kappa shape index (κ1) is 15.2. The molecule has 0 aromatic rings. The Bertz CT molecular complexity index is 167. The van der Waals surface area contributed by atoms with Gasteiger partial charge in [-0.1, -0.05) is 0 Å². The highest BCUT2D eigenvalue weighted by Gasteiger charge is 2.24. The van der Waals surface area contributed by atoms with Crippen molar-refractivity contribution in [3.8, 4) is 0 Å². The minimum absolute atomic E-state index is 0. The first-order valence-corrected chi connectivity index (χ1v) is 4.09. The molecule has 0 spiro atoms. The molecule has 0 heterocycles. The normalized spacial score (nSPS) is 11.8. The van der Waals surface area contributed by atoms with E-state index >= 15 is 0 Å². The third kappa shape index (κ3) is 8.06. The minimum atomic E-state index is -0.444. The SMILES string of the molecule is CC(C)(N)COC(=O)C(C)(C)C.Cl. The van der Waals surface area contributed by atoms with E-state index in [0.29, 0.717) is 0 Å². The quantitative estimate of drug-likeness (QED) is 0.705. The van der Waals surface area contributed by atoms with Crippen LogP contribution in [0.4, 0.5) is 0 Å². The summed E-state index contributed by atoms with van der Waals surface area (Å²) in [4.78, 5) is 11.2. The molecule has 3 nitrogen and oxygen atoms in total. The van der Waals surface area contributed by atoms with Crippen LogP contribution >= 0.6 is 12.4 Å². The molecule has 80 valence electrons. The molecule has 4 heteroatoms. The predicted molar refractivity (Wildman–Crippen MR) is 55.9 cm³/mol. The standard InChI is InChI=1S/C9H19NO2.ClH/c1-8(2,3)7(11)12-6-9(4,5)10;/h6,10H2,1-5H3;1H. The molecule has 0 aliphatic heterocycles. The molecule has 0 atom stereocenters. The maximum absolute atomic E-state index is 11.2. The van der Waals surface area contributed by atoms with E-state index in [4.69, 9.17) is 10.5 Å². The summed E-state index contributed by atoms with van der Waals surface area (Å²) < 4.78 is 5.01. The first-order valence-electron chi connectivity index (χ1n) is 4.09. The van der Waals surface area contributed by atoms with Gasteiger partial charge in [-0.25, -0.2) is 0 Å². The molecule has 0 saturated carbocycles. The van der Waals surface area contributed by atoms with Crippen LogP contribution in [0.1, 0.15) is 34.6 Å². The molecule has 0 aliphatic rings. The van der Waals surface area contributed by atoms with Crippen molar-refractivity contribution in [3.05, 3.63) is 0 Å². The van der Waals surface area contributed by atoms with Crippen LogP contribution in [0, 0.1) is 5.41 Å². The first-order chi connectivity index (χ1) is 5.13. The monoisotopic (exact) mass is 209 g/mol. The van der Waals surface area contributed by atoms with Crippen molar-refractivity contribution < 1.29 is 9.53 Å². The van der Waals surface area contributed by atoms with Gasteiger partial charge in [-0.15, -0.1) is 12.4 Å². The van der Waals surface area contributed by atoms with Gasteiger partial charge in [-0.2, -0.15) is 0 Å². The Kier molecular flexibility index (Phi) is 5.63. The molecular weight excluding hydrogens is 190 g/mol. The van der Waals surface area contributed by atoms with Gasteiger partial charge < -0.3 is 10.5 Å². The van der Waals surface area contributed by atoms with Gasteiger partial charge in [0, 0.05) is 5.54 Å². The van der Waals surface area contributed by atoms with Gasteiger partial charge in [0.25, 0.3) is 0 Å². The summed E-state index contributed by atoms with van der Waals surface area (Å²) in [5.74, 6) is -0.207. The third-order valence-corrected chi connectivity index (χ3v) is 1.19. The Hall–Kier alpha value is -0.280. The van der Waals surface area contributed by atoms with Gasteiger partial charge in [0.2, 0.25) is 0 Å². The lowest BCUT2D eigenvalue weighted by molar-refractivity contribution is -0.154. The summed E-state index contributed by atoms with van der Waals surface area (Å²) >= 11 is 0. The predicted octanol–water partition coefficient (Wildman–Crippen LogP) is 1.73. The number of rotatable bonds is 2. The maximum Gasteiger partial charge on any atom is 0.311 e. The van der Waals surface area contributed by atoms with Crippen molar-refractivity contribution in [2.24, 2.45) is 11.1 Å². The topological polar surface area (TPSA) is 52.3 Å². The van der Waals surface area contributed by atoms with Crippen LogP contribution in [0.25, 0.3) is 0 Å². The van der Waals surface area contributed by atoms with Gasteiger partial charge in [0.05, 0.1) is 5.41 Å². The van der Waals surface area contributed by atoms with Crippen molar-refractivity contribution in [2.45, 2.75) is 40.2 Å². The van der Waals surface area contributed by atoms with E-state index in [1.807, 2.05) is 34.6 Å².